The van der Waals surface area contributed by atoms with Gasteiger partial charge in [0.25, 0.3) is 0 Å². The van der Waals surface area contributed by atoms with E-state index in [1.807, 2.05) is 36.4 Å². The standard InChI is InChI=1S/C15H16O2/c1-3-4-15(16)13-6-5-12-10-14(17-2)8-7-11(12)9-13/h3,5-10,15-16H,1,4H2,2H3. The average molecular weight is 228 g/mol. The third kappa shape index (κ3) is 2.48. The molecule has 17 heavy (non-hydrogen) atoms. The lowest BCUT2D eigenvalue weighted by molar-refractivity contribution is 0.182. The molecule has 2 aromatic carbocycles. The van der Waals surface area contributed by atoms with Gasteiger partial charge in [-0.2, -0.15) is 0 Å². The van der Waals surface area contributed by atoms with Crippen LogP contribution in [-0.4, -0.2) is 12.2 Å². The molecule has 2 rings (SSSR count). The molecule has 2 heteroatoms. The Morgan fingerprint density at radius 3 is 2.65 bits per heavy atom. The lowest BCUT2D eigenvalue weighted by Crippen LogP contribution is -1.95. The molecular formula is C15H16O2. The predicted molar refractivity (Wildman–Crippen MR) is 70.3 cm³/mol. The Labute approximate surface area is 101 Å². The SMILES string of the molecule is C=CCC(O)c1ccc2cc(OC)ccc2c1. The van der Waals surface area contributed by atoms with Crippen molar-refractivity contribution in [3.63, 3.8) is 0 Å². The van der Waals surface area contributed by atoms with Gasteiger partial charge in [-0.1, -0.05) is 24.3 Å². The topological polar surface area (TPSA) is 29.5 Å². The summed E-state index contributed by atoms with van der Waals surface area (Å²) in [6, 6.07) is 11.8. The first-order chi connectivity index (χ1) is 8.24. The molecule has 0 heterocycles. The third-order valence-electron chi connectivity index (χ3n) is 2.85. The highest BCUT2D eigenvalue weighted by Crippen LogP contribution is 2.25. The number of hydrogen-bond acceptors (Lipinski definition) is 2. The fourth-order valence-corrected chi connectivity index (χ4v) is 1.87. The molecule has 0 aliphatic heterocycles. The number of ether oxygens (including phenoxy) is 1. The molecule has 0 aliphatic carbocycles. The largest absolute Gasteiger partial charge is 0.497 e. The van der Waals surface area contributed by atoms with E-state index in [0.29, 0.717) is 6.42 Å². The minimum Gasteiger partial charge on any atom is -0.497 e. The van der Waals surface area contributed by atoms with Gasteiger partial charge in [0.1, 0.15) is 5.75 Å². The summed E-state index contributed by atoms with van der Waals surface area (Å²) in [5.74, 6) is 0.844. The van der Waals surface area contributed by atoms with Gasteiger partial charge in [-0.05, 0) is 41.0 Å². The summed E-state index contributed by atoms with van der Waals surface area (Å²) in [5.41, 5.74) is 0.919. The number of aliphatic hydroxyl groups excluding tert-OH is 1. The van der Waals surface area contributed by atoms with Crippen molar-refractivity contribution in [2.75, 3.05) is 7.11 Å². The van der Waals surface area contributed by atoms with E-state index in [1.54, 1.807) is 13.2 Å². The van der Waals surface area contributed by atoms with Crippen LogP contribution in [0.25, 0.3) is 10.8 Å². The highest BCUT2D eigenvalue weighted by atomic mass is 16.5. The Balaban J connectivity index is 2.40. The van der Waals surface area contributed by atoms with Crippen LogP contribution < -0.4 is 4.74 Å². The molecule has 0 aliphatic rings. The Morgan fingerprint density at radius 2 is 1.94 bits per heavy atom. The quantitative estimate of drug-likeness (QED) is 0.812. The summed E-state index contributed by atoms with van der Waals surface area (Å²) in [5, 5.41) is 12.1. The summed E-state index contributed by atoms with van der Waals surface area (Å²) in [4.78, 5) is 0. The zero-order valence-corrected chi connectivity index (χ0v) is 9.89. The predicted octanol–water partition coefficient (Wildman–Crippen LogP) is 3.46. The van der Waals surface area contributed by atoms with Crippen molar-refractivity contribution < 1.29 is 9.84 Å². The smallest absolute Gasteiger partial charge is 0.119 e. The summed E-state index contributed by atoms with van der Waals surface area (Å²) >= 11 is 0. The monoisotopic (exact) mass is 228 g/mol. The zero-order chi connectivity index (χ0) is 12.3. The summed E-state index contributed by atoms with van der Waals surface area (Å²) in [7, 11) is 1.66. The maximum absolute atomic E-state index is 9.88. The van der Waals surface area contributed by atoms with Crippen molar-refractivity contribution in [3.05, 3.63) is 54.6 Å². The lowest BCUT2D eigenvalue weighted by Gasteiger charge is -2.10. The van der Waals surface area contributed by atoms with E-state index >= 15 is 0 Å². The molecule has 1 N–H and O–H groups in total. The summed E-state index contributed by atoms with van der Waals surface area (Å²) in [6.45, 7) is 3.63. The molecule has 0 saturated heterocycles. The molecule has 2 aromatic rings. The van der Waals surface area contributed by atoms with E-state index in [9.17, 15) is 5.11 Å². The van der Waals surface area contributed by atoms with Gasteiger partial charge < -0.3 is 9.84 Å². The number of fused-ring (bicyclic) bond motifs is 1. The fourth-order valence-electron chi connectivity index (χ4n) is 1.87. The maximum Gasteiger partial charge on any atom is 0.119 e. The number of aliphatic hydroxyl groups is 1. The van der Waals surface area contributed by atoms with Gasteiger partial charge in [-0.25, -0.2) is 0 Å². The fraction of sp³-hybridized carbons (Fsp3) is 0.200. The molecule has 1 atom stereocenters. The molecule has 2 nitrogen and oxygen atoms in total. The van der Waals surface area contributed by atoms with Crippen LogP contribution >= 0.6 is 0 Å². The van der Waals surface area contributed by atoms with Gasteiger partial charge in [0.2, 0.25) is 0 Å². The molecule has 0 saturated carbocycles. The summed E-state index contributed by atoms with van der Waals surface area (Å²) < 4.78 is 5.18. The van der Waals surface area contributed by atoms with E-state index in [2.05, 4.69) is 6.58 Å². The van der Waals surface area contributed by atoms with Crippen LogP contribution in [0.1, 0.15) is 18.1 Å². The lowest BCUT2D eigenvalue weighted by atomic mass is 10.0. The minimum absolute atomic E-state index is 0.473. The van der Waals surface area contributed by atoms with Crippen LogP contribution in [0.4, 0.5) is 0 Å². The molecule has 0 fully saturated rings. The first-order valence-electron chi connectivity index (χ1n) is 5.61. The number of methoxy groups -OCH3 is 1. The Bertz CT molecular complexity index is 531. The molecule has 0 spiro atoms. The zero-order valence-electron chi connectivity index (χ0n) is 9.89. The number of benzene rings is 2. The average Bonchev–Trinajstić information content (AvgIpc) is 2.37. The van der Waals surface area contributed by atoms with Crippen LogP contribution in [0.15, 0.2) is 49.1 Å². The number of rotatable bonds is 4. The van der Waals surface area contributed by atoms with E-state index in [-0.39, 0.29) is 0 Å². The van der Waals surface area contributed by atoms with Gasteiger partial charge in [0, 0.05) is 0 Å². The van der Waals surface area contributed by atoms with Crippen molar-refractivity contribution >= 4 is 10.8 Å². The minimum atomic E-state index is -0.473. The maximum atomic E-state index is 9.88. The Morgan fingerprint density at radius 1 is 1.24 bits per heavy atom. The normalized spacial score (nSPS) is 12.4. The van der Waals surface area contributed by atoms with Gasteiger partial charge >= 0.3 is 0 Å². The molecule has 1 unspecified atom stereocenters. The Kier molecular flexibility index (Phi) is 3.45. The van der Waals surface area contributed by atoms with Gasteiger partial charge in [0.05, 0.1) is 13.2 Å². The van der Waals surface area contributed by atoms with E-state index in [4.69, 9.17) is 4.74 Å². The summed E-state index contributed by atoms with van der Waals surface area (Å²) in [6.07, 6.45) is 1.82. The molecular weight excluding hydrogens is 212 g/mol. The van der Waals surface area contributed by atoms with Crippen molar-refractivity contribution in [1.29, 1.82) is 0 Å². The van der Waals surface area contributed by atoms with Crippen LogP contribution in [-0.2, 0) is 0 Å². The van der Waals surface area contributed by atoms with Crippen LogP contribution in [0.3, 0.4) is 0 Å². The van der Waals surface area contributed by atoms with Crippen molar-refractivity contribution in [2.45, 2.75) is 12.5 Å². The van der Waals surface area contributed by atoms with Crippen LogP contribution in [0.5, 0.6) is 5.75 Å². The van der Waals surface area contributed by atoms with Crippen molar-refractivity contribution in [1.82, 2.24) is 0 Å². The number of hydrogen-bond donors (Lipinski definition) is 1. The molecule has 0 bridgehead atoms. The van der Waals surface area contributed by atoms with Gasteiger partial charge in [0.15, 0.2) is 0 Å². The highest BCUT2D eigenvalue weighted by Gasteiger charge is 2.06. The van der Waals surface area contributed by atoms with Gasteiger partial charge in [-0.3, -0.25) is 0 Å². The molecule has 0 aromatic heterocycles. The molecule has 88 valence electrons. The van der Waals surface area contributed by atoms with E-state index in [0.717, 1.165) is 22.1 Å². The molecule has 0 radical (unpaired) electrons. The first-order valence-corrected chi connectivity index (χ1v) is 5.61. The van der Waals surface area contributed by atoms with Crippen molar-refractivity contribution in [2.24, 2.45) is 0 Å². The second-order valence-electron chi connectivity index (χ2n) is 4.01. The van der Waals surface area contributed by atoms with Gasteiger partial charge in [-0.15, -0.1) is 6.58 Å². The van der Waals surface area contributed by atoms with E-state index in [1.165, 1.54) is 0 Å². The van der Waals surface area contributed by atoms with Crippen molar-refractivity contribution in [3.8, 4) is 5.75 Å². The second-order valence-corrected chi connectivity index (χ2v) is 4.01. The van der Waals surface area contributed by atoms with E-state index < -0.39 is 6.10 Å². The van der Waals surface area contributed by atoms with Crippen LogP contribution in [0, 0.1) is 0 Å². The second kappa shape index (κ2) is 5.02. The Hall–Kier alpha value is -1.80. The first kappa shape index (κ1) is 11.7. The molecule has 0 amide bonds. The van der Waals surface area contributed by atoms with Crippen LogP contribution in [0.2, 0.25) is 0 Å². The third-order valence-corrected chi connectivity index (χ3v) is 2.85. The highest BCUT2D eigenvalue weighted by molar-refractivity contribution is 5.84.